The topological polar surface area (TPSA) is 44.1 Å². The first-order chi connectivity index (χ1) is 9.06. The van der Waals surface area contributed by atoms with E-state index in [4.69, 9.17) is 4.74 Å². The van der Waals surface area contributed by atoms with Crippen LogP contribution in [0, 0.1) is 0 Å². The van der Waals surface area contributed by atoms with Crippen molar-refractivity contribution in [1.82, 2.24) is 9.78 Å². The molecule has 1 aromatic rings. The lowest BCUT2D eigenvalue weighted by Gasteiger charge is -2.05. The van der Waals surface area contributed by atoms with Crippen LogP contribution in [0.25, 0.3) is 0 Å². The molecule has 0 aromatic carbocycles. The van der Waals surface area contributed by atoms with E-state index in [2.05, 4.69) is 5.10 Å². The van der Waals surface area contributed by atoms with Crippen LogP contribution in [-0.2, 0) is 28.9 Å². The van der Waals surface area contributed by atoms with Crippen LogP contribution in [0.4, 0.5) is 8.78 Å². The minimum atomic E-state index is -2.48. The molecule has 0 N–H and O–H groups in total. The standard InChI is InChI=1S/C13H20F2N2O2/c1-3-10-7-11(17(4-2)16-10)8-12(18)5-6-19-9-13(14)15/h7,13H,3-6,8-9H2,1-2H3. The molecule has 0 spiro atoms. The predicted octanol–water partition coefficient (Wildman–Crippen LogP) is 2.25. The molecular weight excluding hydrogens is 254 g/mol. The Kier molecular flexibility index (Phi) is 6.62. The Labute approximate surface area is 111 Å². The number of Topliss-reactive ketones (excluding diaryl/α,β-unsaturated/α-hetero) is 1. The van der Waals surface area contributed by atoms with Gasteiger partial charge < -0.3 is 4.74 Å². The van der Waals surface area contributed by atoms with Gasteiger partial charge in [0.15, 0.2) is 0 Å². The first-order valence-electron chi connectivity index (χ1n) is 6.50. The molecule has 0 bridgehead atoms. The van der Waals surface area contributed by atoms with Gasteiger partial charge in [0.1, 0.15) is 12.4 Å². The molecule has 4 nitrogen and oxygen atoms in total. The summed E-state index contributed by atoms with van der Waals surface area (Å²) in [5.41, 5.74) is 1.83. The molecular formula is C13H20F2N2O2. The molecule has 0 saturated heterocycles. The number of hydrogen-bond acceptors (Lipinski definition) is 3. The maximum atomic E-state index is 11.8. The molecule has 108 valence electrons. The lowest BCUT2D eigenvalue weighted by atomic mass is 10.1. The average molecular weight is 274 g/mol. The summed E-state index contributed by atoms with van der Waals surface area (Å²) >= 11 is 0. The highest BCUT2D eigenvalue weighted by atomic mass is 19.3. The second kappa shape index (κ2) is 7.99. The predicted molar refractivity (Wildman–Crippen MR) is 67.4 cm³/mol. The van der Waals surface area contributed by atoms with Gasteiger partial charge in [0, 0.05) is 25.1 Å². The third-order valence-corrected chi connectivity index (χ3v) is 2.72. The number of aromatic nitrogens is 2. The van der Waals surface area contributed by atoms with Crippen molar-refractivity contribution in [3.8, 4) is 0 Å². The fourth-order valence-electron chi connectivity index (χ4n) is 1.75. The first-order valence-corrected chi connectivity index (χ1v) is 6.50. The molecule has 1 heterocycles. The zero-order valence-electron chi connectivity index (χ0n) is 11.4. The van der Waals surface area contributed by atoms with Crippen molar-refractivity contribution in [2.75, 3.05) is 13.2 Å². The fourth-order valence-corrected chi connectivity index (χ4v) is 1.75. The zero-order chi connectivity index (χ0) is 14.3. The minimum absolute atomic E-state index is 0.0217. The number of ketones is 1. The number of ether oxygens (including phenoxy) is 1. The molecule has 1 rings (SSSR count). The van der Waals surface area contributed by atoms with Crippen molar-refractivity contribution in [3.05, 3.63) is 17.5 Å². The highest BCUT2D eigenvalue weighted by molar-refractivity contribution is 5.80. The molecule has 0 aliphatic rings. The highest BCUT2D eigenvalue weighted by Gasteiger charge is 2.11. The van der Waals surface area contributed by atoms with Gasteiger partial charge in [-0.2, -0.15) is 5.10 Å². The summed E-state index contributed by atoms with van der Waals surface area (Å²) in [5, 5.41) is 4.35. The van der Waals surface area contributed by atoms with Crippen molar-refractivity contribution in [3.63, 3.8) is 0 Å². The van der Waals surface area contributed by atoms with Gasteiger partial charge in [0.05, 0.1) is 12.3 Å². The van der Waals surface area contributed by atoms with E-state index in [1.54, 1.807) is 4.68 Å². The summed E-state index contributed by atoms with van der Waals surface area (Å²) in [6, 6.07) is 1.92. The molecule has 1 aromatic heterocycles. The highest BCUT2D eigenvalue weighted by Crippen LogP contribution is 2.08. The molecule has 0 saturated carbocycles. The van der Waals surface area contributed by atoms with Crippen LogP contribution in [0.15, 0.2) is 6.07 Å². The van der Waals surface area contributed by atoms with Crippen LogP contribution in [-0.4, -0.2) is 35.2 Å². The normalized spacial score (nSPS) is 11.2. The van der Waals surface area contributed by atoms with Gasteiger partial charge in [-0.25, -0.2) is 8.78 Å². The Morgan fingerprint density at radius 3 is 2.79 bits per heavy atom. The second-order valence-corrected chi connectivity index (χ2v) is 4.23. The number of rotatable bonds is 9. The molecule has 0 aliphatic carbocycles. The molecule has 6 heteroatoms. The van der Waals surface area contributed by atoms with E-state index in [9.17, 15) is 13.6 Å². The molecule has 0 unspecified atom stereocenters. The van der Waals surface area contributed by atoms with Gasteiger partial charge in [-0.3, -0.25) is 9.48 Å². The van der Waals surface area contributed by atoms with Crippen LogP contribution >= 0.6 is 0 Å². The molecule has 0 aliphatic heterocycles. The molecule has 19 heavy (non-hydrogen) atoms. The Morgan fingerprint density at radius 1 is 1.47 bits per heavy atom. The van der Waals surface area contributed by atoms with Gasteiger partial charge in [-0.15, -0.1) is 0 Å². The fraction of sp³-hybridized carbons (Fsp3) is 0.692. The third kappa shape index (κ3) is 5.46. The minimum Gasteiger partial charge on any atom is -0.375 e. The van der Waals surface area contributed by atoms with Crippen LogP contribution in [0.3, 0.4) is 0 Å². The average Bonchev–Trinajstić information content (AvgIpc) is 2.76. The lowest BCUT2D eigenvalue weighted by molar-refractivity contribution is -0.120. The number of hydrogen-bond donors (Lipinski definition) is 0. The monoisotopic (exact) mass is 274 g/mol. The number of aryl methyl sites for hydroxylation is 2. The van der Waals surface area contributed by atoms with E-state index >= 15 is 0 Å². The van der Waals surface area contributed by atoms with Crippen molar-refractivity contribution in [1.29, 1.82) is 0 Å². The second-order valence-electron chi connectivity index (χ2n) is 4.23. The summed E-state index contributed by atoms with van der Waals surface area (Å²) in [5.74, 6) is -0.0217. The first kappa shape index (κ1) is 15.8. The van der Waals surface area contributed by atoms with Crippen LogP contribution in [0.1, 0.15) is 31.7 Å². The van der Waals surface area contributed by atoms with Gasteiger partial charge in [-0.1, -0.05) is 6.92 Å². The van der Waals surface area contributed by atoms with Gasteiger partial charge in [-0.05, 0) is 19.4 Å². The zero-order valence-corrected chi connectivity index (χ0v) is 11.4. The van der Waals surface area contributed by atoms with Crippen molar-refractivity contribution >= 4 is 5.78 Å². The van der Waals surface area contributed by atoms with E-state index < -0.39 is 13.0 Å². The smallest absolute Gasteiger partial charge is 0.261 e. The Bertz CT molecular complexity index is 405. The SMILES string of the molecule is CCc1cc(CC(=O)CCOCC(F)F)n(CC)n1. The van der Waals surface area contributed by atoms with Gasteiger partial charge >= 0.3 is 0 Å². The number of carbonyl (C=O) groups excluding carboxylic acids is 1. The number of alkyl halides is 2. The van der Waals surface area contributed by atoms with E-state index in [1.165, 1.54) is 0 Å². The third-order valence-electron chi connectivity index (χ3n) is 2.72. The van der Waals surface area contributed by atoms with Crippen molar-refractivity contribution in [2.45, 2.75) is 46.1 Å². The van der Waals surface area contributed by atoms with E-state index in [0.29, 0.717) is 6.54 Å². The van der Waals surface area contributed by atoms with Crippen LogP contribution in [0.5, 0.6) is 0 Å². The Hall–Kier alpha value is -1.30. The van der Waals surface area contributed by atoms with Crippen LogP contribution < -0.4 is 0 Å². The maximum Gasteiger partial charge on any atom is 0.261 e. The van der Waals surface area contributed by atoms with Crippen molar-refractivity contribution in [2.24, 2.45) is 0 Å². The maximum absolute atomic E-state index is 11.8. The Balaban J connectivity index is 2.41. The molecule has 0 radical (unpaired) electrons. The molecule has 0 amide bonds. The summed E-state index contributed by atoms with van der Waals surface area (Å²) in [6.07, 6.45) is -1.23. The summed E-state index contributed by atoms with van der Waals surface area (Å²) in [7, 11) is 0. The van der Waals surface area contributed by atoms with Crippen molar-refractivity contribution < 1.29 is 18.3 Å². The number of carbonyl (C=O) groups is 1. The Morgan fingerprint density at radius 2 is 2.21 bits per heavy atom. The van der Waals surface area contributed by atoms with E-state index in [0.717, 1.165) is 17.8 Å². The summed E-state index contributed by atoms with van der Waals surface area (Å²) in [4.78, 5) is 11.7. The quantitative estimate of drug-likeness (QED) is 0.649. The summed E-state index contributed by atoms with van der Waals surface area (Å²) in [6.45, 7) is 4.12. The van der Waals surface area contributed by atoms with E-state index in [-0.39, 0.29) is 25.2 Å². The molecule has 0 atom stereocenters. The van der Waals surface area contributed by atoms with Gasteiger partial charge in [0.25, 0.3) is 6.43 Å². The van der Waals surface area contributed by atoms with Gasteiger partial charge in [0.2, 0.25) is 0 Å². The molecule has 0 fully saturated rings. The van der Waals surface area contributed by atoms with E-state index in [1.807, 2.05) is 19.9 Å². The van der Waals surface area contributed by atoms with Crippen LogP contribution in [0.2, 0.25) is 0 Å². The summed E-state index contributed by atoms with van der Waals surface area (Å²) < 4.78 is 30.1. The number of nitrogens with zero attached hydrogens (tertiary/aromatic N) is 2. The largest absolute Gasteiger partial charge is 0.375 e. The lowest BCUT2D eigenvalue weighted by Crippen LogP contribution is -2.13. The number of halogens is 2.